The van der Waals surface area contributed by atoms with Crippen LogP contribution in [0.25, 0.3) is 71.3 Å². The van der Waals surface area contributed by atoms with Crippen LogP contribution in [0.15, 0.2) is 139 Å². The zero-order chi connectivity index (χ0) is 41.9. The maximum atomic E-state index is 9.42. The first-order chi connectivity index (χ1) is 27.3. The predicted molar refractivity (Wildman–Crippen MR) is 167 cm³/mol. The lowest BCUT2D eigenvalue weighted by Crippen LogP contribution is -1.97. The third-order valence-electron chi connectivity index (χ3n) is 7.14. The Balaban J connectivity index is 1.58. The molecule has 0 radical (unpaired) electrons. The van der Waals surface area contributed by atoms with E-state index in [2.05, 4.69) is 0 Å². The van der Waals surface area contributed by atoms with Gasteiger partial charge in [-0.05, 0) is 57.7 Å². The molecule has 1 aromatic heterocycles. The highest BCUT2D eigenvalue weighted by molar-refractivity contribution is 6.24. The maximum absolute atomic E-state index is 9.42. The predicted octanol–water partition coefficient (Wildman–Crippen LogP) is 10.5. The topological polar surface area (TPSA) is 14.2 Å². The van der Waals surface area contributed by atoms with E-state index in [-0.39, 0.29) is 61.4 Å². The molecule has 186 valence electrons. The van der Waals surface area contributed by atoms with Gasteiger partial charge in [-0.15, -0.1) is 0 Å². The van der Waals surface area contributed by atoms with Gasteiger partial charge in [0.25, 0.3) is 0 Å². The van der Waals surface area contributed by atoms with Gasteiger partial charge in [-0.25, -0.2) is 0 Å². The molecule has 0 aliphatic carbocycles. The summed E-state index contributed by atoms with van der Waals surface area (Å²) in [6.45, 7) is 0. The Hall–Kier alpha value is -5.34. The fraction of sp³-hybridized carbons (Fsp3) is 0. The second-order valence-electron chi connectivity index (χ2n) is 9.15. The van der Waals surface area contributed by atoms with Crippen molar-refractivity contribution in [3.63, 3.8) is 0 Å². The number of rotatable bonds is 2. The molecule has 0 saturated carbocycles. The summed E-state index contributed by atoms with van der Waals surface area (Å²) in [5.74, 6) is 0.0883. The molecular weight excluding hydrogens is 486 g/mol. The van der Waals surface area contributed by atoms with E-state index < -0.39 is 114 Å². The Morgan fingerprint density at radius 3 is 2.27 bits per heavy atom. The minimum atomic E-state index is -0.780. The molecule has 7 aromatic carbocycles. The Labute approximate surface area is 256 Å². The van der Waals surface area contributed by atoms with Crippen LogP contribution in [-0.4, -0.2) is 4.57 Å². The van der Waals surface area contributed by atoms with Crippen LogP contribution >= 0.6 is 0 Å². The van der Waals surface area contributed by atoms with Crippen molar-refractivity contribution in [2.75, 3.05) is 0 Å². The molecule has 9 rings (SSSR count). The zero-order valence-corrected chi connectivity index (χ0v) is 20.2. The quantitative estimate of drug-likeness (QED) is 0.218. The van der Waals surface area contributed by atoms with E-state index >= 15 is 0 Å². The van der Waals surface area contributed by atoms with Gasteiger partial charge >= 0.3 is 0 Å². The van der Waals surface area contributed by atoms with Crippen molar-refractivity contribution >= 4 is 43.4 Å². The molecular formula is C38H23NO. The number of fused-ring (bicyclic) bond motifs is 7. The molecule has 0 fully saturated rings. The van der Waals surface area contributed by atoms with Crippen LogP contribution in [0, 0.1) is 0 Å². The lowest BCUT2D eigenvalue weighted by Gasteiger charge is -2.22. The highest BCUT2D eigenvalue weighted by Gasteiger charge is 2.23. The summed E-state index contributed by atoms with van der Waals surface area (Å²) in [6, 6.07) is -3.71. The fourth-order valence-electron chi connectivity index (χ4n) is 5.56. The molecule has 0 unspecified atom stereocenters. The first kappa shape index (κ1) is 10.7. The summed E-state index contributed by atoms with van der Waals surface area (Å²) < 4.78 is 165. The second kappa shape index (κ2) is 8.08. The molecule has 40 heavy (non-hydrogen) atoms. The highest BCUT2D eigenvalue weighted by Crippen LogP contribution is 2.50. The Morgan fingerprint density at radius 2 is 1.32 bits per heavy atom. The average molecular weight is 528 g/mol. The van der Waals surface area contributed by atoms with Crippen LogP contribution in [0.3, 0.4) is 0 Å². The lowest BCUT2D eigenvalue weighted by atomic mass is 9.89. The number of para-hydroxylation sites is 2. The molecule has 0 saturated heterocycles. The van der Waals surface area contributed by atoms with Crippen molar-refractivity contribution < 1.29 is 29.4 Å². The number of ether oxygens (including phenoxy) is 1. The molecule has 2 heteroatoms. The SMILES string of the molecule is [2H]c1c([2H])c([2H])c(-n2c3c([2H])c([2H])c([2H])c(-c4ccc5c6c(cccc46)-c4c([2H])c([2H])c([2H])c([2H])c4O5)c3c3c([2H])c([2H])c4c([2H])c([2H])c([2H])c([2H])c4c32)c([2H])c1[2H]. The summed E-state index contributed by atoms with van der Waals surface area (Å²) >= 11 is 0. The van der Waals surface area contributed by atoms with E-state index in [1.807, 2.05) is 0 Å². The summed E-state index contributed by atoms with van der Waals surface area (Å²) in [6.07, 6.45) is 0. The number of hydrogen-bond donors (Lipinski definition) is 0. The third kappa shape index (κ3) is 2.88. The Morgan fingerprint density at radius 1 is 0.500 bits per heavy atom. The van der Waals surface area contributed by atoms with Gasteiger partial charge in [0, 0.05) is 32.8 Å². The molecule has 0 atom stereocenters. The molecule has 8 aromatic rings. The van der Waals surface area contributed by atoms with E-state index in [1.54, 1.807) is 18.2 Å². The minimum Gasteiger partial charge on any atom is -0.456 e. The maximum Gasteiger partial charge on any atom is 0.135 e. The van der Waals surface area contributed by atoms with Gasteiger partial charge in [0.05, 0.1) is 35.7 Å². The summed E-state index contributed by atoms with van der Waals surface area (Å²) in [5, 5.41) is -0.480. The largest absolute Gasteiger partial charge is 0.456 e. The van der Waals surface area contributed by atoms with Crippen molar-refractivity contribution in [2.45, 2.75) is 0 Å². The van der Waals surface area contributed by atoms with E-state index in [0.717, 1.165) is 4.57 Å². The van der Waals surface area contributed by atoms with Crippen LogP contribution < -0.4 is 4.74 Å². The normalized spacial score (nSPS) is 18.5. The lowest BCUT2D eigenvalue weighted by molar-refractivity contribution is 0.487. The molecule has 0 bridgehead atoms. The second-order valence-corrected chi connectivity index (χ2v) is 9.15. The van der Waals surface area contributed by atoms with Crippen LogP contribution in [0.4, 0.5) is 0 Å². The highest BCUT2D eigenvalue weighted by atomic mass is 16.5. The van der Waals surface area contributed by atoms with Crippen LogP contribution in [0.5, 0.6) is 11.5 Å². The average Bonchev–Trinajstić information content (AvgIpc) is 3.55. The number of benzene rings is 7. The fourth-order valence-corrected chi connectivity index (χ4v) is 5.56. The van der Waals surface area contributed by atoms with Gasteiger partial charge in [-0.2, -0.15) is 0 Å². The molecule has 0 N–H and O–H groups in total. The van der Waals surface area contributed by atoms with Crippen molar-refractivity contribution in [2.24, 2.45) is 0 Å². The van der Waals surface area contributed by atoms with Crippen molar-refractivity contribution in [1.29, 1.82) is 0 Å². The summed E-state index contributed by atoms with van der Waals surface area (Å²) in [7, 11) is 0. The molecule has 0 spiro atoms. The van der Waals surface area contributed by atoms with Crippen molar-refractivity contribution in [3.05, 3.63) is 139 Å². The molecule has 2 nitrogen and oxygen atoms in total. The molecule has 2 heterocycles. The summed E-state index contributed by atoms with van der Waals surface area (Å²) in [5.41, 5.74) is -0.703. The van der Waals surface area contributed by atoms with E-state index in [1.165, 1.54) is 12.1 Å². The standard InChI is InChI=1S/C38H23NO/c1-2-11-25(12-3-1)39-33-18-9-17-29(36(33)32-21-20-24-10-4-5-13-26(24)38(32)39)27-22-23-35-37-30(27)15-8-16-31(37)28-14-6-7-19-34(28)40-35/h1-23H/i1D,2D,3D,4D,5D,6D,7D,9D,10D,11D,12D,13D,14D,17D,18D,19D,20D,21D. The van der Waals surface area contributed by atoms with Gasteiger partial charge in [0.1, 0.15) is 11.5 Å². The van der Waals surface area contributed by atoms with E-state index in [0.29, 0.717) is 16.3 Å². The van der Waals surface area contributed by atoms with Crippen molar-refractivity contribution in [1.82, 2.24) is 4.57 Å². The number of nitrogens with zero attached hydrogens (tertiary/aromatic N) is 1. The van der Waals surface area contributed by atoms with Gasteiger partial charge in [-0.1, -0.05) is 109 Å². The Bertz CT molecular complexity index is 3270. The minimum absolute atomic E-state index is 0.0749. The van der Waals surface area contributed by atoms with Crippen molar-refractivity contribution in [3.8, 4) is 39.4 Å². The van der Waals surface area contributed by atoms with Gasteiger partial charge in [-0.3, -0.25) is 0 Å². The Kier molecular flexibility index (Phi) is 2.16. The van der Waals surface area contributed by atoms with Gasteiger partial charge in [0.15, 0.2) is 0 Å². The smallest absolute Gasteiger partial charge is 0.135 e. The summed E-state index contributed by atoms with van der Waals surface area (Å²) in [4.78, 5) is 0. The van der Waals surface area contributed by atoms with E-state index in [9.17, 15) is 4.11 Å². The first-order valence-electron chi connectivity index (χ1n) is 21.2. The zero-order valence-electron chi connectivity index (χ0n) is 38.2. The van der Waals surface area contributed by atoms with Crippen LogP contribution in [0.2, 0.25) is 0 Å². The monoisotopic (exact) mass is 527 g/mol. The molecule has 0 amide bonds. The van der Waals surface area contributed by atoms with E-state index in [4.69, 9.17) is 25.3 Å². The molecule has 1 aliphatic rings. The molecule has 1 aliphatic heterocycles. The number of hydrogen-bond acceptors (Lipinski definition) is 1. The third-order valence-corrected chi connectivity index (χ3v) is 7.14. The van der Waals surface area contributed by atoms with Gasteiger partial charge in [0.2, 0.25) is 0 Å². The van der Waals surface area contributed by atoms with Crippen LogP contribution in [0.1, 0.15) is 24.7 Å². The first-order valence-corrected chi connectivity index (χ1v) is 12.2. The van der Waals surface area contributed by atoms with Crippen LogP contribution in [-0.2, 0) is 0 Å². The number of aromatic nitrogens is 1. The van der Waals surface area contributed by atoms with Gasteiger partial charge < -0.3 is 9.30 Å².